The van der Waals surface area contributed by atoms with Crippen molar-refractivity contribution in [3.05, 3.63) is 65.2 Å². The summed E-state index contributed by atoms with van der Waals surface area (Å²) in [6, 6.07) is 16.0. The molecule has 112 valence electrons. The third-order valence-corrected chi connectivity index (χ3v) is 4.43. The molecule has 0 atom stereocenters. The first-order valence-electron chi connectivity index (χ1n) is 7.02. The number of carboxylic acids is 1. The summed E-state index contributed by atoms with van der Waals surface area (Å²) in [6.07, 6.45) is 0.0327. The van der Waals surface area contributed by atoms with Gasteiger partial charge in [0, 0.05) is 0 Å². The Balaban J connectivity index is 2.11. The lowest BCUT2D eigenvalue weighted by atomic mass is 9.92. The molecule has 22 heavy (non-hydrogen) atoms. The number of thioether (sulfide) groups is 1. The summed E-state index contributed by atoms with van der Waals surface area (Å²) in [7, 11) is 0. The molecule has 1 heterocycles. The van der Waals surface area contributed by atoms with Crippen molar-refractivity contribution < 1.29 is 14.6 Å². The number of carbonyl (C=O) groups is 1. The van der Waals surface area contributed by atoms with E-state index in [1.54, 1.807) is 11.8 Å². The SMILES string of the molecule is C/C(CC(=O)O)=C(\c1ccccc1)c1ccc2c(c1)SCO2. The van der Waals surface area contributed by atoms with Crippen LogP contribution in [0.15, 0.2) is 59.0 Å². The number of aliphatic carboxylic acids is 1. The molecule has 0 aromatic heterocycles. The van der Waals surface area contributed by atoms with Gasteiger partial charge in [-0.15, -0.1) is 0 Å². The molecule has 0 amide bonds. The highest BCUT2D eigenvalue weighted by molar-refractivity contribution is 7.99. The maximum absolute atomic E-state index is 11.1. The molecule has 4 heteroatoms. The van der Waals surface area contributed by atoms with Gasteiger partial charge in [0.2, 0.25) is 0 Å². The van der Waals surface area contributed by atoms with Gasteiger partial charge in [0.1, 0.15) is 11.7 Å². The van der Waals surface area contributed by atoms with Crippen LogP contribution in [-0.2, 0) is 4.79 Å². The zero-order valence-electron chi connectivity index (χ0n) is 12.2. The highest BCUT2D eigenvalue weighted by atomic mass is 32.2. The second-order valence-corrected chi connectivity index (χ2v) is 6.12. The number of benzene rings is 2. The van der Waals surface area contributed by atoms with Gasteiger partial charge in [0.25, 0.3) is 0 Å². The average Bonchev–Trinajstić information content (AvgIpc) is 2.95. The molecule has 0 saturated heterocycles. The van der Waals surface area contributed by atoms with E-state index in [1.807, 2.05) is 49.4 Å². The van der Waals surface area contributed by atoms with Crippen molar-refractivity contribution in [1.82, 2.24) is 0 Å². The van der Waals surface area contributed by atoms with Gasteiger partial charge in [0.15, 0.2) is 0 Å². The van der Waals surface area contributed by atoms with Crippen LogP contribution in [0.4, 0.5) is 0 Å². The summed E-state index contributed by atoms with van der Waals surface area (Å²) in [5, 5.41) is 9.12. The van der Waals surface area contributed by atoms with Crippen molar-refractivity contribution in [3.8, 4) is 5.75 Å². The molecule has 0 fully saturated rings. The van der Waals surface area contributed by atoms with E-state index in [0.29, 0.717) is 5.94 Å². The standard InChI is InChI=1S/C18H16O3S/c1-12(9-17(19)20)18(13-5-3-2-4-6-13)14-7-8-15-16(10-14)22-11-21-15/h2-8,10H,9,11H2,1H3,(H,19,20)/b18-12-. The minimum atomic E-state index is -0.815. The van der Waals surface area contributed by atoms with Crippen molar-refractivity contribution >= 4 is 23.3 Å². The summed E-state index contributed by atoms with van der Waals surface area (Å²) in [5.41, 5.74) is 3.90. The van der Waals surface area contributed by atoms with Crippen LogP contribution in [0.25, 0.3) is 5.57 Å². The van der Waals surface area contributed by atoms with Crippen molar-refractivity contribution in [1.29, 1.82) is 0 Å². The van der Waals surface area contributed by atoms with E-state index in [2.05, 4.69) is 6.07 Å². The first-order valence-corrected chi connectivity index (χ1v) is 8.00. The van der Waals surface area contributed by atoms with E-state index < -0.39 is 5.97 Å². The zero-order chi connectivity index (χ0) is 15.5. The molecule has 1 aliphatic heterocycles. The summed E-state index contributed by atoms with van der Waals surface area (Å²) in [6.45, 7) is 1.88. The fourth-order valence-corrected chi connectivity index (χ4v) is 3.42. The molecule has 3 nitrogen and oxygen atoms in total. The summed E-state index contributed by atoms with van der Waals surface area (Å²) in [4.78, 5) is 12.2. The van der Waals surface area contributed by atoms with Crippen LogP contribution < -0.4 is 4.74 Å². The van der Waals surface area contributed by atoms with Crippen molar-refractivity contribution in [3.63, 3.8) is 0 Å². The molecule has 3 rings (SSSR count). The number of hydrogen-bond donors (Lipinski definition) is 1. The number of fused-ring (bicyclic) bond motifs is 1. The fraction of sp³-hybridized carbons (Fsp3) is 0.167. The zero-order valence-corrected chi connectivity index (χ0v) is 13.0. The van der Waals surface area contributed by atoms with Crippen LogP contribution in [0, 0.1) is 0 Å². The first-order chi connectivity index (χ1) is 10.6. The Hall–Kier alpha value is -2.20. The van der Waals surface area contributed by atoms with Crippen LogP contribution in [0.3, 0.4) is 0 Å². The molecular formula is C18H16O3S. The van der Waals surface area contributed by atoms with Crippen LogP contribution in [0.2, 0.25) is 0 Å². The van der Waals surface area contributed by atoms with E-state index in [0.717, 1.165) is 32.9 Å². The maximum Gasteiger partial charge on any atom is 0.307 e. The lowest BCUT2D eigenvalue weighted by Gasteiger charge is -2.13. The predicted molar refractivity (Wildman–Crippen MR) is 88.2 cm³/mol. The molecule has 0 unspecified atom stereocenters. The molecule has 0 spiro atoms. The fourth-order valence-electron chi connectivity index (χ4n) is 2.63. The van der Waals surface area contributed by atoms with E-state index >= 15 is 0 Å². The van der Waals surface area contributed by atoms with E-state index in [4.69, 9.17) is 9.84 Å². The second-order valence-electron chi connectivity index (χ2n) is 5.16. The summed E-state index contributed by atoms with van der Waals surface area (Å²) < 4.78 is 5.52. The Bertz CT molecular complexity index is 735. The van der Waals surface area contributed by atoms with Crippen molar-refractivity contribution in [2.24, 2.45) is 0 Å². The molecule has 1 N–H and O–H groups in total. The van der Waals surface area contributed by atoms with Crippen molar-refractivity contribution in [2.75, 3.05) is 5.94 Å². The summed E-state index contributed by atoms with van der Waals surface area (Å²) in [5.74, 6) is 0.721. The van der Waals surface area contributed by atoms with Gasteiger partial charge >= 0.3 is 5.97 Å². The molecule has 2 aromatic rings. The molecule has 1 aliphatic rings. The highest BCUT2D eigenvalue weighted by Gasteiger charge is 2.17. The van der Waals surface area contributed by atoms with E-state index in [1.165, 1.54) is 0 Å². The molecular weight excluding hydrogens is 296 g/mol. The van der Waals surface area contributed by atoms with Gasteiger partial charge in [0.05, 0.1) is 11.3 Å². The highest BCUT2D eigenvalue weighted by Crippen LogP contribution is 2.39. The minimum absolute atomic E-state index is 0.0327. The predicted octanol–water partition coefficient (Wildman–Crippen LogP) is 4.43. The molecule has 0 aliphatic carbocycles. The third kappa shape index (κ3) is 3.02. The van der Waals surface area contributed by atoms with Gasteiger partial charge < -0.3 is 9.84 Å². The second kappa shape index (κ2) is 6.28. The number of hydrogen-bond acceptors (Lipinski definition) is 3. The monoisotopic (exact) mass is 312 g/mol. The Kier molecular flexibility index (Phi) is 4.20. The minimum Gasteiger partial charge on any atom is -0.481 e. The normalized spacial score (nSPS) is 14.0. The molecule has 2 aromatic carbocycles. The van der Waals surface area contributed by atoms with Crippen molar-refractivity contribution in [2.45, 2.75) is 18.2 Å². The average molecular weight is 312 g/mol. The molecule has 0 radical (unpaired) electrons. The Morgan fingerprint density at radius 2 is 1.95 bits per heavy atom. The lowest BCUT2D eigenvalue weighted by molar-refractivity contribution is -0.136. The van der Waals surface area contributed by atoms with Crippen LogP contribution in [0.1, 0.15) is 24.5 Å². The van der Waals surface area contributed by atoms with E-state index in [9.17, 15) is 4.79 Å². The Morgan fingerprint density at radius 1 is 1.18 bits per heavy atom. The number of rotatable bonds is 4. The van der Waals surface area contributed by atoms with Crippen LogP contribution >= 0.6 is 11.8 Å². The summed E-state index contributed by atoms with van der Waals surface area (Å²) >= 11 is 1.66. The third-order valence-electron chi connectivity index (χ3n) is 3.57. The van der Waals surface area contributed by atoms with E-state index in [-0.39, 0.29) is 6.42 Å². The number of carboxylic acid groups (broad SMARTS) is 1. The van der Waals surface area contributed by atoms with Crippen LogP contribution in [-0.4, -0.2) is 17.0 Å². The number of ether oxygens (including phenoxy) is 1. The largest absolute Gasteiger partial charge is 0.481 e. The maximum atomic E-state index is 11.1. The smallest absolute Gasteiger partial charge is 0.307 e. The molecule has 0 bridgehead atoms. The van der Waals surface area contributed by atoms with Crippen LogP contribution in [0.5, 0.6) is 5.75 Å². The first kappa shape index (κ1) is 14.7. The lowest BCUT2D eigenvalue weighted by Crippen LogP contribution is -1.99. The van der Waals surface area contributed by atoms with Gasteiger partial charge in [-0.05, 0) is 35.8 Å². The van der Waals surface area contributed by atoms with Gasteiger partial charge in [-0.3, -0.25) is 4.79 Å². The topological polar surface area (TPSA) is 46.5 Å². The Morgan fingerprint density at radius 3 is 2.68 bits per heavy atom. The van der Waals surface area contributed by atoms with Gasteiger partial charge in [-0.1, -0.05) is 53.7 Å². The van der Waals surface area contributed by atoms with Gasteiger partial charge in [-0.25, -0.2) is 0 Å². The quantitative estimate of drug-likeness (QED) is 0.907. The molecule has 0 saturated carbocycles. The Labute approximate surface area is 133 Å². The van der Waals surface area contributed by atoms with Gasteiger partial charge in [-0.2, -0.15) is 0 Å².